The van der Waals surface area contributed by atoms with E-state index in [2.05, 4.69) is 24.5 Å². The average molecular weight is 607 g/mol. The Balaban J connectivity index is 1.20. The van der Waals surface area contributed by atoms with E-state index in [1.807, 2.05) is 72.8 Å². The minimum Gasteiger partial charge on any atom is -0.494 e. The minimum atomic E-state index is -0.156. The third kappa shape index (κ3) is 11.5. The fourth-order valence-corrected chi connectivity index (χ4v) is 4.90. The summed E-state index contributed by atoms with van der Waals surface area (Å²) in [6.45, 7) is 5.78. The molecule has 0 saturated carbocycles. The van der Waals surface area contributed by atoms with E-state index >= 15 is 0 Å². The van der Waals surface area contributed by atoms with E-state index in [1.54, 1.807) is 24.3 Å². The van der Waals surface area contributed by atoms with Gasteiger partial charge in [0.25, 0.3) is 11.8 Å². The Hall–Kier alpha value is -4.58. The Kier molecular flexibility index (Phi) is 13.5. The third-order valence-electron chi connectivity index (χ3n) is 7.60. The van der Waals surface area contributed by atoms with Crippen molar-refractivity contribution in [3.63, 3.8) is 0 Å². The maximum absolute atomic E-state index is 12.7. The summed E-state index contributed by atoms with van der Waals surface area (Å²) in [7, 11) is 0. The van der Waals surface area contributed by atoms with Crippen LogP contribution < -0.4 is 20.1 Å². The summed E-state index contributed by atoms with van der Waals surface area (Å²) in [5.74, 6) is 1.26. The van der Waals surface area contributed by atoms with Gasteiger partial charge in [-0.3, -0.25) is 9.59 Å². The molecule has 0 aliphatic heterocycles. The fourth-order valence-electron chi connectivity index (χ4n) is 4.90. The van der Waals surface area contributed by atoms with Gasteiger partial charge in [0.15, 0.2) is 0 Å². The van der Waals surface area contributed by atoms with Gasteiger partial charge in [-0.2, -0.15) is 0 Å². The van der Waals surface area contributed by atoms with Crippen molar-refractivity contribution in [2.24, 2.45) is 0 Å². The highest BCUT2D eigenvalue weighted by Crippen LogP contribution is 2.19. The highest BCUT2D eigenvalue weighted by Gasteiger charge is 2.09. The van der Waals surface area contributed by atoms with Crippen LogP contribution in [0.1, 0.15) is 97.1 Å². The van der Waals surface area contributed by atoms with E-state index in [-0.39, 0.29) is 11.8 Å². The van der Waals surface area contributed by atoms with Gasteiger partial charge >= 0.3 is 0 Å². The summed E-state index contributed by atoms with van der Waals surface area (Å²) in [6.07, 6.45) is 10.0. The van der Waals surface area contributed by atoms with Crippen LogP contribution in [0.5, 0.6) is 11.5 Å². The number of benzene rings is 4. The molecular weight excluding hydrogens is 560 g/mol. The Bertz CT molecular complexity index is 1330. The number of anilines is 2. The quantitative estimate of drug-likeness (QED) is 0.111. The van der Waals surface area contributed by atoms with Crippen molar-refractivity contribution in [2.45, 2.75) is 71.6 Å². The molecule has 0 aromatic heterocycles. The SMILES string of the molecule is CCCCCCOc1ccc(C(=O)Nc2ccc(Cc3ccc(NC(=O)c4ccc(OCCCCCC)cc4)cc3)cc2)cc1. The number of carbonyl (C=O) groups excluding carboxylic acids is 2. The van der Waals surface area contributed by atoms with Crippen LogP contribution in [0.4, 0.5) is 11.4 Å². The van der Waals surface area contributed by atoms with E-state index in [9.17, 15) is 9.59 Å². The summed E-state index contributed by atoms with van der Waals surface area (Å²) >= 11 is 0. The van der Waals surface area contributed by atoms with Crippen LogP contribution in [0, 0.1) is 0 Å². The molecule has 6 heteroatoms. The van der Waals surface area contributed by atoms with Gasteiger partial charge in [-0.25, -0.2) is 0 Å². The Morgan fingerprint density at radius 3 is 1.22 bits per heavy atom. The van der Waals surface area contributed by atoms with Crippen LogP contribution in [0.2, 0.25) is 0 Å². The Morgan fingerprint density at radius 1 is 0.489 bits per heavy atom. The smallest absolute Gasteiger partial charge is 0.255 e. The number of hydrogen-bond donors (Lipinski definition) is 2. The molecule has 4 aromatic rings. The predicted molar refractivity (Wildman–Crippen MR) is 184 cm³/mol. The second-order valence-electron chi connectivity index (χ2n) is 11.3. The molecule has 45 heavy (non-hydrogen) atoms. The first-order valence-corrected chi connectivity index (χ1v) is 16.3. The average Bonchev–Trinajstić information content (AvgIpc) is 3.07. The summed E-state index contributed by atoms with van der Waals surface area (Å²) < 4.78 is 11.6. The molecular formula is C39H46N2O4. The molecule has 6 nitrogen and oxygen atoms in total. The van der Waals surface area contributed by atoms with Crippen molar-refractivity contribution in [2.75, 3.05) is 23.8 Å². The van der Waals surface area contributed by atoms with Crippen molar-refractivity contribution < 1.29 is 19.1 Å². The maximum atomic E-state index is 12.7. The summed E-state index contributed by atoms with van der Waals surface area (Å²) in [6, 6.07) is 30.3. The van der Waals surface area contributed by atoms with Gasteiger partial charge < -0.3 is 20.1 Å². The minimum absolute atomic E-state index is 0.156. The van der Waals surface area contributed by atoms with E-state index in [0.717, 1.165) is 53.3 Å². The van der Waals surface area contributed by atoms with E-state index < -0.39 is 0 Å². The molecule has 0 bridgehead atoms. The van der Waals surface area contributed by atoms with Gasteiger partial charge in [0, 0.05) is 22.5 Å². The molecule has 0 fully saturated rings. The number of nitrogens with one attached hydrogen (secondary N) is 2. The molecule has 0 spiro atoms. The van der Waals surface area contributed by atoms with E-state index in [0.29, 0.717) is 24.3 Å². The number of amides is 2. The molecule has 236 valence electrons. The zero-order valence-corrected chi connectivity index (χ0v) is 26.6. The van der Waals surface area contributed by atoms with Gasteiger partial charge in [-0.1, -0.05) is 76.6 Å². The number of unbranched alkanes of at least 4 members (excludes halogenated alkanes) is 6. The fraction of sp³-hybridized carbons (Fsp3) is 0.333. The van der Waals surface area contributed by atoms with Crippen molar-refractivity contribution in [1.29, 1.82) is 0 Å². The van der Waals surface area contributed by atoms with Crippen LogP contribution >= 0.6 is 0 Å². The first-order valence-electron chi connectivity index (χ1n) is 16.3. The second kappa shape index (κ2) is 18.3. The predicted octanol–water partition coefficient (Wildman–Crippen LogP) is 9.70. The molecule has 0 heterocycles. The van der Waals surface area contributed by atoms with Gasteiger partial charge in [0.2, 0.25) is 0 Å². The highest BCUT2D eigenvalue weighted by atomic mass is 16.5. The van der Waals surface area contributed by atoms with Crippen LogP contribution in [0.25, 0.3) is 0 Å². The zero-order valence-electron chi connectivity index (χ0n) is 26.6. The molecule has 4 aromatic carbocycles. The number of ether oxygens (including phenoxy) is 2. The van der Waals surface area contributed by atoms with Gasteiger partial charge in [0.1, 0.15) is 11.5 Å². The topological polar surface area (TPSA) is 76.7 Å². The molecule has 0 atom stereocenters. The standard InChI is InChI=1S/C39H46N2O4/c1-3-5-7-9-27-44-36-23-15-32(16-24-36)38(42)40-34-19-11-30(12-20-34)29-31-13-21-35(22-14-31)41-39(43)33-17-25-37(26-18-33)45-28-10-8-6-4-2/h11-26H,3-10,27-29H2,1-2H3,(H,40,42)(H,41,43). The molecule has 0 saturated heterocycles. The number of rotatable bonds is 18. The summed E-state index contributed by atoms with van der Waals surface area (Å²) in [5.41, 5.74) is 4.90. The van der Waals surface area contributed by atoms with Crippen LogP contribution in [0.3, 0.4) is 0 Å². The lowest BCUT2D eigenvalue weighted by atomic mass is 10.0. The molecule has 2 N–H and O–H groups in total. The van der Waals surface area contributed by atoms with Crippen molar-refractivity contribution in [1.82, 2.24) is 0 Å². The second-order valence-corrected chi connectivity index (χ2v) is 11.3. The molecule has 0 radical (unpaired) electrons. The highest BCUT2D eigenvalue weighted by molar-refractivity contribution is 6.05. The Labute approximate surface area is 268 Å². The summed E-state index contributed by atoms with van der Waals surface area (Å²) in [5, 5.41) is 5.93. The van der Waals surface area contributed by atoms with Crippen LogP contribution in [-0.2, 0) is 6.42 Å². The normalized spacial score (nSPS) is 10.7. The third-order valence-corrected chi connectivity index (χ3v) is 7.60. The monoisotopic (exact) mass is 606 g/mol. The molecule has 0 aliphatic rings. The molecule has 4 rings (SSSR count). The maximum Gasteiger partial charge on any atom is 0.255 e. The summed E-state index contributed by atoms with van der Waals surface area (Å²) in [4.78, 5) is 25.5. The lowest BCUT2D eigenvalue weighted by Crippen LogP contribution is -2.12. The van der Waals surface area contributed by atoms with Crippen LogP contribution in [-0.4, -0.2) is 25.0 Å². The largest absolute Gasteiger partial charge is 0.494 e. The Morgan fingerprint density at radius 2 is 0.867 bits per heavy atom. The molecule has 0 unspecified atom stereocenters. The van der Waals surface area contributed by atoms with Gasteiger partial charge in [0.05, 0.1) is 13.2 Å². The van der Waals surface area contributed by atoms with Gasteiger partial charge in [-0.15, -0.1) is 0 Å². The van der Waals surface area contributed by atoms with E-state index in [4.69, 9.17) is 9.47 Å². The molecule has 0 aliphatic carbocycles. The number of hydrogen-bond acceptors (Lipinski definition) is 4. The van der Waals surface area contributed by atoms with Crippen molar-refractivity contribution in [3.8, 4) is 11.5 Å². The van der Waals surface area contributed by atoms with Gasteiger partial charge in [-0.05, 0) is 103 Å². The first kappa shape index (κ1) is 33.3. The zero-order chi connectivity index (χ0) is 31.7. The molecule has 2 amide bonds. The number of carbonyl (C=O) groups is 2. The lowest BCUT2D eigenvalue weighted by molar-refractivity contribution is 0.101. The van der Waals surface area contributed by atoms with E-state index in [1.165, 1.54) is 38.5 Å². The first-order chi connectivity index (χ1) is 22.0. The van der Waals surface area contributed by atoms with Crippen molar-refractivity contribution >= 4 is 23.2 Å². The lowest BCUT2D eigenvalue weighted by Gasteiger charge is -2.10. The van der Waals surface area contributed by atoms with Crippen LogP contribution in [0.15, 0.2) is 97.1 Å². The van der Waals surface area contributed by atoms with Crippen molar-refractivity contribution in [3.05, 3.63) is 119 Å².